The summed E-state index contributed by atoms with van der Waals surface area (Å²) in [5, 5.41) is -0.207. The minimum Gasteiger partial charge on any atom is -0.335 e. The molecule has 112 valence electrons. The van der Waals surface area contributed by atoms with E-state index in [9.17, 15) is 17.6 Å². The Morgan fingerprint density at radius 1 is 1.05 bits per heavy atom. The molecule has 4 aliphatic rings. The van der Waals surface area contributed by atoms with Gasteiger partial charge in [-0.2, -0.15) is 4.31 Å². The maximum absolute atomic E-state index is 13.9. The number of amides is 1. The van der Waals surface area contributed by atoms with Crippen LogP contribution in [0, 0.1) is 0 Å². The van der Waals surface area contributed by atoms with Crippen LogP contribution in [0.15, 0.2) is 0 Å². The van der Waals surface area contributed by atoms with Crippen LogP contribution in [0.3, 0.4) is 0 Å². The summed E-state index contributed by atoms with van der Waals surface area (Å²) >= 11 is 0. The molecule has 5 nitrogen and oxygen atoms in total. The normalized spacial score (nSPS) is 36.1. The van der Waals surface area contributed by atoms with Crippen molar-refractivity contribution in [3.63, 3.8) is 0 Å². The first-order valence-electron chi connectivity index (χ1n) is 7.44. The second kappa shape index (κ2) is 3.94. The van der Waals surface area contributed by atoms with Crippen molar-refractivity contribution in [2.45, 2.75) is 61.5 Å². The number of alkyl halides is 1. The molecule has 0 bridgehead atoms. The van der Waals surface area contributed by atoms with Gasteiger partial charge in [-0.05, 0) is 38.5 Å². The average Bonchev–Trinajstić information content (AvgIpc) is 3.28. The summed E-state index contributed by atoms with van der Waals surface area (Å²) in [4.78, 5) is 13.8. The first-order valence-corrected chi connectivity index (χ1v) is 8.94. The van der Waals surface area contributed by atoms with Crippen molar-refractivity contribution in [1.82, 2.24) is 9.21 Å². The van der Waals surface area contributed by atoms with Crippen LogP contribution in [0.4, 0.5) is 4.39 Å². The Kier molecular flexibility index (Phi) is 2.56. The largest absolute Gasteiger partial charge is 0.335 e. The van der Waals surface area contributed by atoms with Gasteiger partial charge in [-0.15, -0.1) is 0 Å². The lowest BCUT2D eigenvalue weighted by molar-refractivity contribution is -0.139. The van der Waals surface area contributed by atoms with Crippen LogP contribution < -0.4 is 0 Å². The molecule has 0 aromatic carbocycles. The number of carbonyl (C=O) groups is 1. The van der Waals surface area contributed by atoms with Gasteiger partial charge in [0.05, 0.1) is 5.25 Å². The number of fused-ring (bicyclic) bond motifs is 1. The zero-order valence-electron chi connectivity index (χ0n) is 11.3. The first-order chi connectivity index (χ1) is 9.43. The molecule has 7 heteroatoms. The molecular weight excluding hydrogens is 283 g/mol. The molecule has 1 amide bonds. The summed E-state index contributed by atoms with van der Waals surface area (Å²) in [7, 11) is -3.19. The van der Waals surface area contributed by atoms with Gasteiger partial charge in [-0.3, -0.25) is 4.79 Å². The molecular formula is C13H19FN2O3S. The number of likely N-dealkylation sites (tertiary alicyclic amines) is 1. The number of hydrogen-bond donors (Lipinski definition) is 0. The first kappa shape index (κ1) is 13.0. The standard InChI is InChI=1S/C13H19FN2O3S/c14-13(5-6-13)12(17)15-7-3-11-10(15)4-8-16(11)20(18,19)9-1-2-9/h9-11H,1-8H2/t10-,11+/m1/s1. The molecule has 0 radical (unpaired) electrons. The molecule has 20 heavy (non-hydrogen) atoms. The number of nitrogens with zero attached hydrogens (tertiary/aromatic N) is 2. The van der Waals surface area contributed by atoms with E-state index >= 15 is 0 Å². The van der Waals surface area contributed by atoms with E-state index in [0.29, 0.717) is 38.8 Å². The summed E-state index contributed by atoms with van der Waals surface area (Å²) in [5.41, 5.74) is -1.64. The van der Waals surface area contributed by atoms with Crippen LogP contribution in [0.25, 0.3) is 0 Å². The van der Waals surface area contributed by atoms with E-state index in [1.807, 2.05) is 0 Å². The van der Waals surface area contributed by atoms with E-state index in [0.717, 1.165) is 12.8 Å². The monoisotopic (exact) mass is 302 g/mol. The molecule has 2 saturated carbocycles. The smallest absolute Gasteiger partial charge is 0.260 e. The third kappa shape index (κ3) is 1.75. The summed E-state index contributed by atoms with van der Waals surface area (Å²) in [6, 6.07) is -0.226. The van der Waals surface area contributed by atoms with Crippen LogP contribution in [-0.2, 0) is 14.8 Å². The average molecular weight is 302 g/mol. The van der Waals surface area contributed by atoms with Gasteiger partial charge in [0.1, 0.15) is 0 Å². The summed E-state index contributed by atoms with van der Waals surface area (Å²) in [5.74, 6) is -0.407. The third-order valence-corrected chi connectivity index (χ3v) is 7.55. The van der Waals surface area contributed by atoms with E-state index in [-0.39, 0.29) is 17.3 Å². The predicted molar refractivity (Wildman–Crippen MR) is 70.2 cm³/mol. The lowest BCUT2D eigenvalue weighted by Gasteiger charge is -2.26. The van der Waals surface area contributed by atoms with Crippen LogP contribution in [0.1, 0.15) is 38.5 Å². The number of hydrogen-bond acceptors (Lipinski definition) is 3. The van der Waals surface area contributed by atoms with Gasteiger partial charge < -0.3 is 4.90 Å². The summed E-state index contributed by atoms with van der Waals surface area (Å²) < 4.78 is 40.3. The molecule has 2 heterocycles. The van der Waals surface area contributed by atoms with Crippen LogP contribution in [0.2, 0.25) is 0 Å². The Bertz CT molecular complexity index is 556. The molecule has 4 fully saturated rings. The number of rotatable bonds is 3. The van der Waals surface area contributed by atoms with Crippen molar-refractivity contribution >= 4 is 15.9 Å². The van der Waals surface area contributed by atoms with Crippen molar-refractivity contribution in [2.24, 2.45) is 0 Å². The van der Waals surface area contributed by atoms with Crippen LogP contribution in [0.5, 0.6) is 0 Å². The lowest BCUT2D eigenvalue weighted by Crippen LogP contribution is -2.45. The summed E-state index contributed by atoms with van der Waals surface area (Å²) in [6.45, 7) is 0.980. The van der Waals surface area contributed by atoms with Crippen molar-refractivity contribution < 1.29 is 17.6 Å². The maximum Gasteiger partial charge on any atom is 0.260 e. The third-order valence-electron chi connectivity index (χ3n) is 5.13. The van der Waals surface area contributed by atoms with E-state index in [2.05, 4.69) is 0 Å². The van der Waals surface area contributed by atoms with Gasteiger partial charge >= 0.3 is 0 Å². The quantitative estimate of drug-likeness (QED) is 0.769. The van der Waals surface area contributed by atoms with E-state index in [4.69, 9.17) is 0 Å². The molecule has 0 aromatic rings. The highest BCUT2D eigenvalue weighted by Crippen LogP contribution is 2.45. The number of carbonyl (C=O) groups excluding carboxylic acids is 1. The molecule has 2 saturated heterocycles. The second-order valence-corrected chi connectivity index (χ2v) is 8.70. The van der Waals surface area contributed by atoms with Crippen molar-refractivity contribution in [2.75, 3.05) is 13.1 Å². The number of halogens is 1. The fourth-order valence-corrected chi connectivity index (χ4v) is 5.75. The van der Waals surface area contributed by atoms with Crippen molar-refractivity contribution in [3.8, 4) is 0 Å². The molecule has 0 unspecified atom stereocenters. The molecule has 0 N–H and O–H groups in total. The number of sulfonamides is 1. The van der Waals surface area contributed by atoms with Gasteiger partial charge in [0, 0.05) is 25.2 Å². The van der Waals surface area contributed by atoms with Crippen LogP contribution in [-0.4, -0.2) is 59.6 Å². The predicted octanol–water partition coefficient (Wildman–Crippen LogP) is 0.656. The van der Waals surface area contributed by atoms with E-state index in [1.165, 1.54) is 0 Å². The zero-order chi connectivity index (χ0) is 14.1. The van der Waals surface area contributed by atoms with Crippen molar-refractivity contribution in [1.29, 1.82) is 0 Å². The fraction of sp³-hybridized carbons (Fsp3) is 0.923. The molecule has 2 atom stereocenters. The Hall–Kier alpha value is -0.690. The lowest BCUT2D eigenvalue weighted by atomic mass is 10.1. The highest BCUT2D eigenvalue weighted by Gasteiger charge is 2.58. The Balaban J connectivity index is 1.54. The molecule has 0 aromatic heterocycles. The molecule has 2 aliphatic heterocycles. The Morgan fingerprint density at radius 3 is 2.30 bits per heavy atom. The van der Waals surface area contributed by atoms with Gasteiger partial charge in [-0.1, -0.05) is 0 Å². The molecule has 0 spiro atoms. The van der Waals surface area contributed by atoms with Gasteiger partial charge in [0.2, 0.25) is 10.0 Å². The van der Waals surface area contributed by atoms with Crippen molar-refractivity contribution in [3.05, 3.63) is 0 Å². The SMILES string of the molecule is O=C(N1CC[C@H]2[C@H]1CCN2S(=O)(=O)C1CC1)C1(F)CC1. The van der Waals surface area contributed by atoms with Gasteiger partial charge in [0.25, 0.3) is 5.91 Å². The minimum atomic E-state index is -3.19. The topological polar surface area (TPSA) is 57.7 Å². The highest BCUT2D eigenvalue weighted by molar-refractivity contribution is 7.90. The van der Waals surface area contributed by atoms with Gasteiger partial charge in [0.15, 0.2) is 5.67 Å². The summed E-state index contributed by atoms with van der Waals surface area (Å²) in [6.07, 6.45) is 3.46. The van der Waals surface area contributed by atoms with Crippen LogP contribution >= 0.6 is 0 Å². The Morgan fingerprint density at radius 2 is 1.70 bits per heavy atom. The molecule has 4 rings (SSSR count). The van der Waals surface area contributed by atoms with Gasteiger partial charge in [-0.25, -0.2) is 12.8 Å². The van der Waals surface area contributed by atoms with E-state index < -0.39 is 21.6 Å². The molecule has 2 aliphatic carbocycles. The minimum absolute atomic E-state index is 0.107. The maximum atomic E-state index is 13.9. The fourth-order valence-electron chi connectivity index (χ4n) is 3.65. The Labute approximate surface area is 118 Å². The van der Waals surface area contributed by atoms with E-state index in [1.54, 1.807) is 9.21 Å². The highest BCUT2D eigenvalue weighted by atomic mass is 32.2. The second-order valence-electron chi connectivity index (χ2n) is 6.53. The zero-order valence-corrected chi connectivity index (χ0v) is 12.1.